The third-order valence-corrected chi connectivity index (χ3v) is 10.6. The van der Waals surface area contributed by atoms with Crippen LogP contribution in [0.1, 0.15) is 72.9 Å². The van der Waals surface area contributed by atoms with Crippen molar-refractivity contribution >= 4 is 33.7 Å². The fraction of sp³-hybridized carbons (Fsp3) is 0.562. The fourth-order valence-corrected chi connectivity index (χ4v) is 7.54. The molecule has 0 saturated heterocycles. The van der Waals surface area contributed by atoms with Crippen LogP contribution in [0.15, 0.2) is 42.5 Å². The number of benzene rings is 2. The number of aryl methyl sites for hydroxylation is 1. The molecule has 0 radical (unpaired) electrons. The van der Waals surface area contributed by atoms with Gasteiger partial charge in [0, 0.05) is 18.7 Å². The lowest BCUT2D eigenvalue weighted by Crippen LogP contribution is -2.41. The van der Waals surface area contributed by atoms with Crippen LogP contribution >= 0.6 is 11.8 Å². The molecule has 0 spiro atoms. The Labute approximate surface area is 268 Å². The lowest BCUT2D eigenvalue weighted by atomic mass is 9.87. The lowest BCUT2D eigenvalue weighted by Gasteiger charge is -2.27. The number of halogens is 3. The molecule has 250 valence electrons. The number of carboxylic acid groups (broad SMARTS) is 1. The highest BCUT2D eigenvalue weighted by Gasteiger charge is 2.30. The summed E-state index contributed by atoms with van der Waals surface area (Å²) in [5.41, 5.74) is 2.99. The Morgan fingerprint density at radius 1 is 1.11 bits per heavy atom. The quantitative estimate of drug-likeness (QED) is 0.182. The van der Waals surface area contributed by atoms with Crippen molar-refractivity contribution in [3.63, 3.8) is 0 Å². The first kappa shape index (κ1) is 36.9. The number of amides is 1. The van der Waals surface area contributed by atoms with Gasteiger partial charge in [-0.25, -0.2) is 13.2 Å². The number of hydrogen-bond acceptors (Lipinski definition) is 6. The van der Waals surface area contributed by atoms with Crippen LogP contribution in [-0.2, 0) is 26.1 Å². The average molecular weight is 673 g/mol. The van der Waals surface area contributed by atoms with Crippen molar-refractivity contribution in [3.05, 3.63) is 59.2 Å². The van der Waals surface area contributed by atoms with Gasteiger partial charge in [-0.2, -0.15) is 16.1 Å². The van der Waals surface area contributed by atoms with Crippen molar-refractivity contribution in [1.29, 1.82) is 0 Å². The van der Waals surface area contributed by atoms with Crippen LogP contribution in [0.5, 0.6) is 0 Å². The molecular weight excluding hydrogens is 629 g/mol. The van der Waals surface area contributed by atoms with E-state index in [1.54, 1.807) is 18.2 Å². The third-order valence-electron chi connectivity index (χ3n) is 8.05. The summed E-state index contributed by atoms with van der Waals surface area (Å²) in [5.74, 6) is -1.25. The van der Waals surface area contributed by atoms with E-state index in [1.165, 1.54) is 16.1 Å². The molecule has 2 aromatic rings. The first-order chi connectivity index (χ1) is 21.3. The predicted molar refractivity (Wildman–Crippen MR) is 171 cm³/mol. The van der Waals surface area contributed by atoms with Gasteiger partial charge in [0.1, 0.15) is 6.04 Å². The molecular formula is C32H43F3N2O6S2. The van der Waals surface area contributed by atoms with E-state index in [0.717, 1.165) is 43.2 Å². The Kier molecular flexibility index (Phi) is 14.2. The topological polar surface area (TPSA) is 113 Å². The monoisotopic (exact) mass is 672 g/mol. The highest BCUT2D eigenvalue weighted by molar-refractivity contribution is 7.98. The van der Waals surface area contributed by atoms with Gasteiger partial charge in [-0.1, -0.05) is 62.4 Å². The molecule has 0 aromatic heterocycles. The molecule has 13 heteroatoms. The Morgan fingerprint density at radius 2 is 1.82 bits per heavy atom. The minimum atomic E-state index is -4.83. The van der Waals surface area contributed by atoms with Gasteiger partial charge in [0.15, 0.2) is 0 Å². The number of alkyl halides is 3. The predicted octanol–water partition coefficient (Wildman–Crippen LogP) is 6.63. The Morgan fingerprint density at radius 3 is 2.47 bits per heavy atom. The van der Waals surface area contributed by atoms with Gasteiger partial charge < -0.3 is 10.4 Å². The van der Waals surface area contributed by atoms with Crippen molar-refractivity contribution < 1.29 is 41.0 Å². The standard InChI is InChI=1S/C32H43F3N2O6S2/c1-23-9-6-7-12-26(23)28-21-25(13-14-27(28)30(38)36-29(31(39)40)16-19-44-2)22-37(17-15-24-10-4-3-5-11-24)45(41,42)20-8-18-43-32(33,34)35/h6-7,9,12-14,21,24,29H,3-5,8,10-11,15-20,22H2,1-2H3,(H,36,38)(H,39,40). The van der Waals surface area contributed by atoms with Gasteiger partial charge in [-0.15, -0.1) is 13.2 Å². The van der Waals surface area contributed by atoms with Crippen LogP contribution < -0.4 is 5.32 Å². The number of thioether (sulfide) groups is 1. The number of rotatable bonds is 17. The van der Waals surface area contributed by atoms with E-state index >= 15 is 0 Å². The summed E-state index contributed by atoms with van der Waals surface area (Å²) >= 11 is 1.48. The zero-order chi connectivity index (χ0) is 33.0. The first-order valence-corrected chi connectivity index (χ1v) is 18.2. The molecule has 1 saturated carbocycles. The second kappa shape index (κ2) is 17.3. The fourth-order valence-electron chi connectivity index (χ4n) is 5.60. The molecule has 1 aliphatic carbocycles. The normalized spacial score (nSPS) is 15.2. The van der Waals surface area contributed by atoms with Crippen molar-refractivity contribution in [2.75, 3.05) is 30.9 Å². The molecule has 0 heterocycles. The zero-order valence-electron chi connectivity index (χ0n) is 25.8. The summed E-state index contributed by atoms with van der Waals surface area (Å²) in [7, 11) is -3.95. The molecule has 1 unspecified atom stereocenters. The number of nitrogens with zero attached hydrogens (tertiary/aromatic N) is 1. The number of hydrogen-bond donors (Lipinski definition) is 2. The second-order valence-corrected chi connectivity index (χ2v) is 14.5. The minimum Gasteiger partial charge on any atom is -0.480 e. The summed E-state index contributed by atoms with van der Waals surface area (Å²) < 4.78 is 69.4. The van der Waals surface area contributed by atoms with Gasteiger partial charge in [0.05, 0.1) is 12.4 Å². The summed E-state index contributed by atoms with van der Waals surface area (Å²) in [5, 5.41) is 12.3. The number of aliphatic carboxylic acids is 1. The molecule has 8 nitrogen and oxygen atoms in total. The SMILES string of the molecule is CSCCC(NC(=O)c1ccc(CN(CCC2CCCCC2)S(=O)(=O)CCCOC(F)(F)F)cc1-c1ccccc1C)C(=O)O. The maximum Gasteiger partial charge on any atom is 0.522 e. The van der Waals surface area contributed by atoms with Gasteiger partial charge in [-0.05, 0) is 78.5 Å². The molecule has 2 N–H and O–H groups in total. The van der Waals surface area contributed by atoms with E-state index in [9.17, 15) is 36.3 Å². The summed E-state index contributed by atoms with van der Waals surface area (Å²) in [6, 6.07) is 11.3. The smallest absolute Gasteiger partial charge is 0.480 e. The van der Waals surface area contributed by atoms with Crippen LogP contribution in [-0.4, -0.2) is 73.0 Å². The molecule has 3 rings (SSSR count). The van der Waals surface area contributed by atoms with Crippen LogP contribution in [0.2, 0.25) is 0 Å². The van der Waals surface area contributed by atoms with Crippen molar-refractivity contribution in [1.82, 2.24) is 9.62 Å². The van der Waals surface area contributed by atoms with Gasteiger partial charge >= 0.3 is 12.3 Å². The second-order valence-electron chi connectivity index (χ2n) is 11.4. The van der Waals surface area contributed by atoms with Crippen LogP contribution in [0.4, 0.5) is 13.2 Å². The Bertz CT molecular complexity index is 1380. The van der Waals surface area contributed by atoms with E-state index in [2.05, 4.69) is 10.1 Å². The molecule has 1 atom stereocenters. The highest BCUT2D eigenvalue weighted by Crippen LogP contribution is 2.31. The summed E-state index contributed by atoms with van der Waals surface area (Å²) in [4.78, 5) is 25.3. The van der Waals surface area contributed by atoms with Crippen molar-refractivity contribution in [3.8, 4) is 11.1 Å². The molecule has 1 amide bonds. The average Bonchev–Trinajstić information content (AvgIpc) is 2.99. The number of ether oxygens (including phenoxy) is 1. The Hall–Kier alpha value is -2.61. The lowest BCUT2D eigenvalue weighted by molar-refractivity contribution is -0.324. The molecule has 1 aliphatic rings. The van der Waals surface area contributed by atoms with E-state index in [1.807, 2.05) is 37.4 Å². The van der Waals surface area contributed by atoms with E-state index < -0.39 is 46.7 Å². The summed E-state index contributed by atoms with van der Waals surface area (Å²) in [6.07, 6.45) is 2.99. The van der Waals surface area contributed by atoms with E-state index in [4.69, 9.17) is 0 Å². The third kappa shape index (κ3) is 11.9. The van der Waals surface area contributed by atoms with Crippen LogP contribution in [0, 0.1) is 12.8 Å². The number of sulfonamides is 1. The number of carbonyl (C=O) groups excluding carboxylic acids is 1. The van der Waals surface area contributed by atoms with Crippen molar-refractivity contribution in [2.24, 2.45) is 5.92 Å². The maximum absolute atomic E-state index is 13.5. The number of nitrogens with one attached hydrogen (secondary N) is 1. The molecule has 1 fully saturated rings. The minimum absolute atomic E-state index is 0.0264. The molecule has 2 aromatic carbocycles. The van der Waals surface area contributed by atoms with E-state index in [-0.39, 0.29) is 31.5 Å². The summed E-state index contributed by atoms with van der Waals surface area (Å²) in [6.45, 7) is 1.33. The number of carboxylic acids is 1. The maximum atomic E-state index is 13.5. The zero-order valence-corrected chi connectivity index (χ0v) is 27.4. The van der Waals surface area contributed by atoms with Gasteiger partial charge in [0.25, 0.3) is 5.91 Å². The van der Waals surface area contributed by atoms with Crippen LogP contribution in [0.25, 0.3) is 11.1 Å². The Balaban J connectivity index is 1.92. The molecule has 45 heavy (non-hydrogen) atoms. The van der Waals surface area contributed by atoms with Gasteiger partial charge in [0.2, 0.25) is 10.0 Å². The molecule has 0 bridgehead atoms. The number of carbonyl (C=O) groups is 2. The highest BCUT2D eigenvalue weighted by atomic mass is 32.2. The first-order valence-electron chi connectivity index (χ1n) is 15.2. The van der Waals surface area contributed by atoms with E-state index in [0.29, 0.717) is 29.2 Å². The van der Waals surface area contributed by atoms with Gasteiger partial charge in [-0.3, -0.25) is 9.53 Å². The largest absolute Gasteiger partial charge is 0.522 e. The van der Waals surface area contributed by atoms with Crippen molar-refractivity contribution in [2.45, 2.75) is 77.2 Å². The van der Waals surface area contributed by atoms with Crippen LogP contribution in [0.3, 0.4) is 0 Å². The molecule has 0 aliphatic heterocycles.